The van der Waals surface area contributed by atoms with E-state index in [0.717, 1.165) is 27.7 Å². The van der Waals surface area contributed by atoms with Gasteiger partial charge in [0.2, 0.25) is 0 Å². The molecule has 0 aliphatic rings. The monoisotopic (exact) mass is 505 g/mol. The molecule has 5 aromatic rings. The summed E-state index contributed by atoms with van der Waals surface area (Å²) in [6, 6.07) is 21.1. The largest absolute Gasteiger partial charge is 0.361 e. The van der Waals surface area contributed by atoms with E-state index in [1.54, 1.807) is 13.2 Å². The lowest BCUT2D eigenvalue weighted by Crippen LogP contribution is -2.21. The van der Waals surface area contributed by atoms with E-state index < -0.39 is 0 Å². The Hall–Kier alpha value is -4.65. The zero-order valence-corrected chi connectivity index (χ0v) is 22.2. The molecule has 7 heteroatoms. The second kappa shape index (κ2) is 9.67. The van der Waals surface area contributed by atoms with E-state index in [2.05, 4.69) is 36.4 Å². The second-order valence-corrected chi connectivity index (χ2v) is 10.5. The Morgan fingerprint density at radius 3 is 2.39 bits per heavy atom. The van der Waals surface area contributed by atoms with E-state index in [-0.39, 0.29) is 22.7 Å². The number of fused-ring (bicyclic) bond motifs is 1. The van der Waals surface area contributed by atoms with Crippen LogP contribution in [0.3, 0.4) is 0 Å². The van der Waals surface area contributed by atoms with Crippen molar-refractivity contribution in [2.24, 2.45) is 7.05 Å². The first-order valence-electron chi connectivity index (χ1n) is 12.5. The third-order valence-corrected chi connectivity index (χ3v) is 6.79. The minimum absolute atomic E-state index is 0.0184. The van der Waals surface area contributed by atoms with Crippen molar-refractivity contribution in [3.05, 3.63) is 106 Å². The van der Waals surface area contributed by atoms with Crippen LogP contribution in [-0.4, -0.2) is 20.4 Å². The summed E-state index contributed by atoms with van der Waals surface area (Å²) in [6.07, 6.45) is 3.57. The normalized spacial score (nSPS) is 11.5. The van der Waals surface area contributed by atoms with Crippen LogP contribution in [0.1, 0.15) is 42.3 Å². The number of anilines is 3. The number of rotatable bonds is 5. The Bertz CT molecular complexity index is 1710. The van der Waals surface area contributed by atoms with Gasteiger partial charge in [0, 0.05) is 52.8 Å². The molecular weight excluding hydrogens is 474 g/mol. The van der Waals surface area contributed by atoms with Crippen LogP contribution in [0, 0.1) is 6.92 Å². The Balaban J connectivity index is 1.45. The smallest absolute Gasteiger partial charge is 0.293 e. The number of carbonyl (C=O) groups excluding carboxylic acids is 1. The molecule has 0 unspecified atom stereocenters. The fourth-order valence-corrected chi connectivity index (χ4v) is 4.50. The van der Waals surface area contributed by atoms with Crippen LogP contribution in [0.5, 0.6) is 0 Å². The number of nitrogens with one attached hydrogen (secondary N) is 3. The Kier molecular flexibility index (Phi) is 6.36. The fourth-order valence-electron chi connectivity index (χ4n) is 4.50. The van der Waals surface area contributed by atoms with Gasteiger partial charge in [-0.15, -0.1) is 0 Å². The molecule has 2 heterocycles. The van der Waals surface area contributed by atoms with E-state index in [4.69, 9.17) is 4.98 Å². The maximum atomic E-state index is 13.0. The van der Waals surface area contributed by atoms with E-state index in [1.165, 1.54) is 10.1 Å². The molecule has 0 saturated heterocycles. The van der Waals surface area contributed by atoms with Crippen LogP contribution < -0.4 is 16.2 Å². The van der Waals surface area contributed by atoms with E-state index in [0.29, 0.717) is 16.9 Å². The van der Waals surface area contributed by atoms with Gasteiger partial charge < -0.3 is 20.2 Å². The van der Waals surface area contributed by atoms with Gasteiger partial charge in [-0.1, -0.05) is 51.1 Å². The van der Waals surface area contributed by atoms with Crippen molar-refractivity contribution < 1.29 is 4.79 Å². The van der Waals surface area contributed by atoms with Gasteiger partial charge in [0.05, 0.1) is 5.69 Å². The number of nitrogens with zero attached hydrogens (tertiary/aromatic N) is 2. The van der Waals surface area contributed by atoms with Crippen molar-refractivity contribution in [3.8, 4) is 11.3 Å². The van der Waals surface area contributed by atoms with E-state index >= 15 is 0 Å². The Labute approximate surface area is 221 Å². The minimum Gasteiger partial charge on any atom is -0.361 e. The first-order chi connectivity index (χ1) is 18.1. The summed E-state index contributed by atoms with van der Waals surface area (Å²) in [5.41, 5.74) is 6.30. The van der Waals surface area contributed by atoms with Crippen LogP contribution in [-0.2, 0) is 12.5 Å². The molecular formula is C31H31N5O2. The molecule has 0 atom stereocenters. The minimum atomic E-state index is -0.234. The second-order valence-electron chi connectivity index (χ2n) is 10.5. The number of aromatic nitrogens is 3. The quantitative estimate of drug-likeness (QED) is 0.253. The molecule has 0 fully saturated rings. The summed E-state index contributed by atoms with van der Waals surface area (Å²) in [5, 5.41) is 7.23. The predicted molar refractivity (Wildman–Crippen MR) is 154 cm³/mol. The number of carbonyl (C=O) groups is 1. The summed E-state index contributed by atoms with van der Waals surface area (Å²) >= 11 is 0. The lowest BCUT2D eigenvalue weighted by molar-refractivity contribution is 0.102. The zero-order chi connectivity index (χ0) is 27.0. The molecule has 0 spiro atoms. The molecule has 1 amide bonds. The average molecular weight is 506 g/mol. The molecule has 192 valence electrons. The van der Waals surface area contributed by atoms with Crippen LogP contribution >= 0.6 is 0 Å². The Morgan fingerprint density at radius 2 is 1.66 bits per heavy atom. The first kappa shape index (κ1) is 25.0. The van der Waals surface area contributed by atoms with Crippen molar-refractivity contribution in [3.63, 3.8) is 0 Å². The predicted octanol–water partition coefficient (Wildman–Crippen LogP) is 6.53. The third-order valence-electron chi connectivity index (χ3n) is 6.79. The van der Waals surface area contributed by atoms with Crippen LogP contribution in [0.4, 0.5) is 17.2 Å². The van der Waals surface area contributed by atoms with Crippen LogP contribution in [0.15, 0.2) is 83.9 Å². The van der Waals surface area contributed by atoms with Crippen LogP contribution in [0.25, 0.3) is 22.2 Å². The molecule has 0 radical (unpaired) electrons. The van der Waals surface area contributed by atoms with Crippen molar-refractivity contribution in [1.82, 2.24) is 14.5 Å². The van der Waals surface area contributed by atoms with Gasteiger partial charge in [0.15, 0.2) is 5.82 Å². The van der Waals surface area contributed by atoms with Gasteiger partial charge in [0.1, 0.15) is 0 Å². The van der Waals surface area contributed by atoms with Gasteiger partial charge in [-0.25, -0.2) is 4.98 Å². The molecule has 38 heavy (non-hydrogen) atoms. The maximum absolute atomic E-state index is 13.0. The van der Waals surface area contributed by atoms with Gasteiger partial charge in [-0.2, -0.15) is 0 Å². The molecule has 0 aliphatic carbocycles. The van der Waals surface area contributed by atoms with Crippen molar-refractivity contribution in [1.29, 1.82) is 0 Å². The lowest BCUT2D eigenvalue weighted by atomic mass is 9.86. The summed E-state index contributed by atoms with van der Waals surface area (Å²) in [6.45, 7) is 8.37. The van der Waals surface area contributed by atoms with Crippen molar-refractivity contribution in [2.75, 3.05) is 10.6 Å². The molecule has 5 rings (SSSR count). The van der Waals surface area contributed by atoms with Crippen molar-refractivity contribution in [2.45, 2.75) is 33.1 Å². The summed E-state index contributed by atoms with van der Waals surface area (Å²) in [4.78, 5) is 33.9. The van der Waals surface area contributed by atoms with Gasteiger partial charge in [-0.05, 0) is 59.9 Å². The lowest BCUT2D eigenvalue weighted by Gasteiger charge is -2.19. The van der Waals surface area contributed by atoms with Crippen LogP contribution in [0.2, 0.25) is 0 Å². The number of aryl methyl sites for hydroxylation is 1. The maximum Gasteiger partial charge on any atom is 0.293 e. The van der Waals surface area contributed by atoms with Gasteiger partial charge in [0.25, 0.3) is 11.5 Å². The highest BCUT2D eigenvalue weighted by Gasteiger charge is 2.17. The molecule has 0 bridgehead atoms. The summed E-state index contributed by atoms with van der Waals surface area (Å²) in [5.74, 6) is 0.0487. The van der Waals surface area contributed by atoms with Gasteiger partial charge >= 0.3 is 0 Å². The summed E-state index contributed by atoms with van der Waals surface area (Å²) in [7, 11) is 1.71. The third kappa shape index (κ3) is 4.83. The first-order valence-corrected chi connectivity index (χ1v) is 12.5. The summed E-state index contributed by atoms with van der Waals surface area (Å²) < 4.78 is 1.52. The number of benzene rings is 3. The number of amides is 1. The zero-order valence-electron chi connectivity index (χ0n) is 22.2. The number of H-pyrrole nitrogens is 1. The van der Waals surface area contributed by atoms with Gasteiger partial charge in [-0.3, -0.25) is 9.59 Å². The Morgan fingerprint density at radius 1 is 0.947 bits per heavy atom. The molecule has 7 nitrogen and oxygen atoms in total. The highest BCUT2D eigenvalue weighted by atomic mass is 16.1. The topological polar surface area (TPSA) is 91.8 Å². The standard InChI is InChI=1S/C31H31N5O2/c1-19-22(8-6-9-24(19)35-29(37)20-12-14-21(15-13-20)31(2,3)4)27-18-36(5)30(38)28(34-27)33-26-11-7-10-25-23(26)16-17-32-25/h6-18,32H,1-5H3,(H,33,34)(H,35,37). The molecule has 3 N–H and O–H groups in total. The SMILES string of the molecule is Cc1c(NC(=O)c2ccc(C(C)(C)C)cc2)cccc1-c1cn(C)c(=O)c(Nc2cccc3[nH]ccc23)n1. The molecule has 0 aliphatic heterocycles. The number of hydrogen-bond donors (Lipinski definition) is 3. The highest BCUT2D eigenvalue weighted by molar-refractivity contribution is 6.05. The molecule has 2 aromatic heterocycles. The molecule has 3 aromatic carbocycles. The fraction of sp³-hybridized carbons (Fsp3) is 0.194. The van der Waals surface area contributed by atoms with Crippen molar-refractivity contribution >= 4 is 34.0 Å². The number of hydrogen-bond acceptors (Lipinski definition) is 4. The van der Waals surface area contributed by atoms with E-state index in [9.17, 15) is 9.59 Å². The number of aromatic amines is 1. The highest BCUT2D eigenvalue weighted by Crippen LogP contribution is 2.30. The van der Waals surface area contributed by atoms with E-state index in [1.807, 2.05) is 79.9 Å². The molecule has 0 saturated carbocycles. The average Bonchev–Trinajstić information content (AvgIpc) is 3.37.